The summed E-state index contributed by atoms with van der Waals surface area (Å²) < 4.78 is 25.6. The van der Waals surface area contributed by atoms with Crippen molar-refractivity contribution in [2.45, 2.75) is 26.4 Å². The molecule has 2 amide bonds. The number of ether oxygens (including phenoxy) is 2. The number of halogens is 1. The van der Waals surface area contributed by atoms with Crippen LogP contribution in [0.15, 0.2) is 42.5 Å². The Morgan fingerprint density at radius 3 is 2.61 bits per heavy atom. The highest BCUT2D eigenvalue weighted by atomic mass is 32.1. The lowest BCUT2D eigenvalue weighted by molar-refractivity contribution is -0.134. The zero-order valence-electron chi connectivity index (χ0n) is 21.4. The Morgan fingerprint density at radius 2 is 1.92 bits per heavy atom. The SMILES string of the molecule is CCC(=S)NCC1CN(c2ccc(N3CCN(C(=O)COC(=O)c4cccc(C)c4)CC3)c(F)c2)C(=O)O1. The molecule has 2 heterocycles. The molecule has 0 saturated carbocycles. The molecule has 11 heteroatoms. The van der Waals surface area contributed by atoms with Gasteiger partial charge in [-0.15, -0.1) is 0 Å². The second kappa shape index (κ2) is 12.2. The fraction of sp³-hybridized carbons (Fsp3) is 0.407. The Kier molecular flexibility index (Phi) is 8.77. The maximum Gasteiger partial charge on any atom is 0.414 e. The van der Waals surface area contributed by atoms with Crippen molar-refractivity contribution >= 4 is 46.6 Å². The fourth-order valence-electron chi connectivity index (χ4n) is 4.38. The summed E-state index contributed by atoms with van der Waals surface area (Å²) in [6.07, 6.45) is -0.200. The van der Waals surface area contributed by atoms with E-state index in [9.17, 15) is 14.4 Å². The normalized spacial score (nSPS) is 17.3. The van der Waals surface area contributed by atoms with Gasteiger partial charge >= 0.3 is 12.1 Å². The van der Waals surface area contributed by atoms with Gasteiger partial charge in [-0.25, -0.2) is 14.0 Å². The summed E-state index contributed by atoms with van der Waals surface area (Å²) in [6, 6.07) is 11.6. The van der Waals surface area contributed by atoms with Crippen molar-refractivity contribution in [2.75, 3.05) is 55.7 Å². The minimum Gasteiger partial charge on any atom is -0.452 e. The van der Waals surface area contributed by atoms with Crippen molar-refractivity contribution in [2.24, 2.45) is 0 Å². The molecule has 1 atom stereocenters. The third-order valence-corrected chi connectivity index (χ3v) is 6.95. The summed E-state index contributed by atoms with van der Waals surface area (Å²) in [7, 11) is 0. The van der Waals surface area contributed by atoms with Crippen LogP contribution < -0.4 is 15.1 Å². The van der Waals surface area contributed by atoms with Crippen molar-refractivity contribution < 1.29 is 28.2 Å². The molecule has 1 unspecified atom stereocenters. The van der Waals surface area contributed by atoms with Crippen LogP contribution in [-0.2, 0) is 14.3 Å². The highest BCUT2D eigenvalue weighted by Gasteiger charge is 2.33. The first-order valence-corrected chi connectivity index (χ1v) is 13.0. The lowest BCUT2D eigenvalue weighted by Crippen LogP contribution is -2.50. The Morgan fingerprint density at radius 1 is 1.16 bits per heavy atom. The molecule has 0 spiro atoms. The highest BCUT2D eigenvalue weighted by Crippen LogP contribution is 2.28. The number of thiocarbonyl (C=S) groups is 1. The van der Waals surface area contributed by atoms with Crippen LogP contribution in [0.5, 0.6) is 0 Å². The summed E-state index contributed by atoms with van der Waals surface area (Å²) in [5, 5.41) is 3.06. The van der Waals surface area contributed by atoms with E-state index in [2.05, 4.69) is 5.32 Å². The summed E-state index contributed by atoms with van der Waals surface area (Å²) in [6.45, 7) is 5.75. The summed E-state index contributed by atoms with van der Waals surface area (Å²) >= 11 is 5.14. The molecule has 0 bridgehead atoms. The van der Waals surface area contributed by atoms with Crippen molar-refractivity contribution in [3.63, 3.8) is 0 Å². The highest BCUT2D eigenvalue weighted by molar-refractivity contribution is 7.80. The van der Waals surface area contributed by atoms with Crippen molar-refractivity contribution in [3.05, 3.63) is 59.4 Å². The molecule has 2 aliphatic heterocycles. The van der Waals surface area contributed by atoms with Gasteiger partial charge in [-0.05, 0) is 43.7 Å². The van der Waals surface area contributed by atoms with Gasteiger partial charge < -0.3 is 24.6 Å². The third-order valence-electron chi connectivity index (χ3n) is 6.52. The van der Waals surface area contributed by atoms with Crippen LogP contribution in [0.1, 0.15) is 29.3 Å². The van der Waals surface area contributed by atoms with Crippen LogP contribution in [0, 0.1) is 12.7 Å². The van der Waals surface area contributed by atoms with Gasteiger partial charge in [-0.2, -0.15) is 0 Å². The van der Waals surface area contributed by atoms with Crippen LogP contribution in [0.2, 0.25) is 0 Å². The van der Waals surface area contributed by atoms with Gasteiger partial charge in [0.1, 0.15) is 11.9 Å². The number of cyclic esters (lactones) is 1. The first-order chi connectivity index (χ1) is 18.2. The monoisotopic (exact) mass is 542 g/mol. The molecule has 2 aromatic rings. The topological polar surface area (TPSA) is 91.4 Å². The van der Waals surface area contributed by atoms with E-state index in [4.69, 9.17) is 21.7 Å². The van der Waals surface area contributed by atoms with Crippen molar-refractivity contribution in [3.8, 4) is 0 Å². The number of aryl methyl sites for hydroxylation is 1. The Hall–Kier alpha value is -3.73. The molecular weight excluding hydrogens is 511 g/mol. The zero-order chi connectivity index (χ0) is 27.2. The minimum absolute atomic E-state index is 0.294. The summed E-state index contributed by atoms with van der Waals surface area (Å²) in [4.78, 5) is 42.6. The standard InChI is InChI=1S/C27H31FN4O5S/c1-3-24(38)29-15-21-16-32(27(35)37-21)20-7-8-23(22(28)14-20)30-9-11-31(12-10-30)25(33)17-36-26(34)19-6-4-5-18(2)13-19/h4-8,13-14,21H,3,9-12,15-17H2,1-2H3,(H,29,38). The largest absolute Gasteiger partial charge is 0.452 e. The number of hydrogen-bond donors (Lipinski definition) is 1. The molecule has 2 saturated heterocycles. The molecule has 9 nitrogen and oxygen atoms in total. The Balaban J connectivity index is 1.28. The van der Waals surface area contributed by atoms with Crippen molar-refractivity contribution in [1.29, 1.82) is 0 Å². The molecular formula is C27H31FN4O5S. The third kappa shape index (κ3) is 6.58. The molecule has 202 valence electrons. The molecule has 2 fully saturated rings. The van der Waals surface area contributed by atoms with Crippen LogP contribution in [-0.4, -0.2) is 79.8 Å². The van der Waals surface area contributed by atoms with E-state index in [1.54, 1.807) is 35.2 Å². The molecule has 0 aromatic heterocycles. The molecule has 1 N–H and O–H groups in total. The number of nitrogens with one attached hydrogen (secondary N) is 1. The number of carbonyl (C=O) groups excluding carboxylic acids is 3. The average molecular weight is 543 g/mol. The molecule has 38 heavy (non-hydrogen) atoms. The molecule has 0 radical (unpaired) electrons. The second-order valence-electron chi connectivity index (χ2n) is 9.22. The average Bonchev–Trinajstić information content (AvgIpc) is 3.30. The number of rotatable bonds is 8. The van der Waals surface area contributed by atoms with Gasteiger partial charge in [0.2, 0.25) is 0 Å². The van der Waals surface area contributed by atoms with E-state index >= 15 is 4.39 Å². The number of esters is 1. The number of anilines is 2. The Labute approximate surface area is 226 Å². The molecule has 4 rings (SSSR count). The van der Waals surface area contributed by atoms with Gasteiger partial charge in [-0.1, -0.05) is 36.8 Å². The van der Waals surface area contributed by atoms with Crippen LogP contribution in [0.3, 0.4) is 0 Å². The van der Waals surface area contributed by atoms with E-state index in [0.29, 0.717) is 67.6 Å². The summed E-state index contributed by atoms with van der Waals surface area (Å²) in [5.41, 5.74) is 2.14. The first-order valence-electron chi connectivity index (χ1n) is 12.6. The predicted molar refractivity (Wildman–Crippen MR) is 145 cm³/mol. The van der Waals surface area contributed by atoms with Crippen LogP contribution in [0.25, 0.3) is 0 Å². The van der Waals surface area contributed by atoms with Crippen LogP contribution >= 0.6 is 12.2 Å². The van der Waals surface area contributed by atoms with Crippen molar-refractivity contribution in [1.82, 2.24) is 10.2 Å². The maximum atomic E-state index is 15.1. The number of hydrogen-bond acceptors (Lipinski definition) is 7. The predicted octanol–water partition coefficient (Wildman–Crippen LogP) is 3.29. The van der Waals surface area contributed by atoms with E-state index in [0.717, 1.165) is 5.56 Å². The Bertz CT molecular complexity index is 1220. The smallest absolute Gasteiger partial charge is 0.414 e. The molecule has 2 aliphatic rings. The van der Waals surface area contributed by atoms with Gasteiger partial charge in [0.15, 0.2) is 6.61 Å². The van der Waals surface area contributed by atoms with Gasteiger partial charge in [0.25, 0.3) is 5.91 Å². The zero-order valence-corrected chi connectivity index (χ0v) is 22.3. The number of benzene rings is 2. The fourth-order valence-corrected chi connectivity index (χ4v) is 4.47. The maximum absolute atomic E-state index is 15.1. The van der Waals surface area contributed by atoms with E-state index < -0.39 is 17.9 Å². The van der Waals surface area contributed by atoms with Gasteiger partial charge in [0, 0.05) is 26.2 Å². The van der Waals surface area contributed by atoms with E-state index in [1.165, 1.54) is 11.0 Å². The number of nitrogens with zero attached hydrogens (tertiary/aromatic N) is 3. The minimum atomic E-state index is -0.545. The lowest BCUT2D eigenvalue weighted by atomic mass is 10.1. The first kappa shape index (κ1) is 27.3. The lowest BCUT2D eigenvalue weighted by Gasteiger charge is -2.36. The van der Waals surface area contributed by atoms with E-state index in [1.807, 2.05) is 24.8 Å². The van der Waals surface area contributed by atoms with Crippen LogP contribution in [0.4, 0.5) is 20.6 Å². The quantitative estimate of drug-likeness (QED) is 0.402. The summed E-state index contributed by atoms with van der Waals surface area (Å²) in [5.74, 6) is -1.30. The van der Waals surface area contributed by atoms with E-state index in [-0.39, 0.29) is 18.6 Å². The number of amides is 2. The molecule has 2 aromatic carbocycles. The number of carbonyl (C=O) groups is 3. The molecule has 0 aliphatic carbocycles. The van der Waals surface area contributed by atoms with Gasteiger partial charge in [-0.3, -0.25) is 9.69 Å². The second-order valence-corrected chi connectivity index (χ2v) is 9.72. The van der Waals surface area contributed by atoms with Gasteiger partial charge in [0.05, 0.1) is 35.0 Å². The number of piperazine rings is 1.